The van der Waals surface area contributed by atoms with Crippen molar-refractivity contribution in [3.63, 3.8) is 0 Å². The topological polar surface area (TPSA) is 23.5 Å². The minimum absolute atomic E-state index is 0.0387. The van der Waals surface area contributed by atoms with Gasteiger partial charge in [0.15, 0.2) is 0 Å². The molecule has 0 heterocycles. The molecule has 0 aliphatic heterocycles. The molecule has 2 nitrogen and oxygen atoms in total. The van der Waals surface area contributed by atoms with E-state index < -0.39 is 18.8 Å². The smallest absolute Gasteiger partial charge is 0.387 e. The Labute approximate surface area is 98.7 Å². The summed E-state index contributed by atoms with van der Waals surface area (Å²) in [4.78, 5) is 1.06. The SMILES string of the molecule is Cc1cccc(C(O)CN(C)CC(F)(F)F)c1. The van der Waals surface area contributed by atoms with Crippen LogP contribution in [-0.2, 0) is 0 Å². The molecule has 0 fully saturated rings. The minimum Gasteiger partial charge on any atom is -0.387 e. The second-order valence-electron chi connectivity index (χ2n) is 4.24. The van der Waals surface area contributed by atoms with Gasteiger partial charge in [-0.1, -0.05) is 29.8 Å². The monoisotopic (exact) mass is 247 g/mol. The van der Waals surface area contributed by atoms with Crippen LogP contribution in [0.4, 0.5) is 13.2 Å². The van der Waals surface area contributed by atoms with Gasteiger partial charge in [0.2, 0.25) is 0 Å². The van der Waals surface area contributed by atoms with E-state index in [1.54, 1.807) is 18.2 Å². The molecule has 0 aliphatic carbocycles. The van der Waals surface area contributed by atoms with E-state index in [1.165, 1.54) is 7.05 Å². The summed E-state index contributed by atoms with van der Waals surface area (Å²) in [6.45, 7) is 0.814. The van der Waals surface area contributed by atoms with Crippen molar-refractivity contribution >= 4 is 0 Å². The van der Waals surface area contributed by atoms with Crippen LogP contribution in [0.15, 0.2) is 24.3 Å². The Morgan fingerprint density at radius 1 is 1.35 bits per heavy atom. The number of hydrogen-bond acceptors (Lipinski definition) is 2. The summed E-state index contributed by atoms with van der Waals surface area (Å²) in [5.41, 5.74) is 1.61. The number of alkyl halides is 3. The summed E-state index contributed by atoms with van der Waals surface area (Å²) >= 11 is 0. The molecule has 1 aromatic carbocycles. The normalized spacial score (nSPS) is 14.1. The average molecular weight is 247 g/mol. The van der Waals surface area contributed by atoms with Gasteiger partial charge in [0.05, 0.1) is 12.6 Å². The maximum Gasteiger partial charge on any atom is 0.401 e. The molecule has 17 heavy (non-hydrogen) atoms. The van der Waals surface area contributed by atoms with E-state index in [9.17, 15) is 18.3 Å². The summed E-state index contributed by atoms with van der Waals surface area (Å²) in [7, 11) is 1.34. The van der Waals surface area contributed by atoms with Gasteiger partial charge in [0.25, 0.3) is 0 Å². The highest BCUT2D eigenvalue weighted by molar-refractivity contribution is 5.24. The third-order valence-electron chi connectivity index (χ3n) is 2.36. The first-order valence-corrected chi connectivity index (χ1v) is 5.28. The Morgan fingerprint density at radius 3 is 2.53 bits per heavy atom. The number of rotatable bonds is 4. The van der Waals surface area contributed by atoms with Crippen molar-refractivity contribution in [1.82, 2.24) is 4.90 Å². The van der Waals surface area contributed by atoms with Gasteiger partial charge in [0, 0.05) is 6.54 Å². The molecule has 1 N–H and O–H groups in total. The molecule has 0 spiro atoms. The first kappa shape index (κ1) is 14.0. The third-order valence-corrected chi connectivity index (χ3v) is 2.36. The fraction of sp³-hybridized carbons (Fsp3) is 0.500. The van der Waals surface area contributed by atoms with E-state index in [2.05, 4.69) is 0 Å². The van der Waals surface area contributed by atoms with Gasteiger partial charge >= 0.3 is 6.18 Å². The predicted octanol–water partition coefficient (Wildman–Crippen LogP) is 2.52. The van der Waals surface area contributed by atoms with Crippen LogP contribution in [0, 0.1) is 6.92 Å². The van der Waals surface area contributed by atoms with Crippen LogP contribution in [0.2, 0.25) is 0 Å². The second kappa shape index (κ2) is 5.51. The number of nitrogens with zero attached hydrogens (tertiary/aromatic N) is 1. The van der Waals surface area contributed by atoms with Gasteiger partial charge in [-0.3, -0.25) is 4.90 Å². The lowest BCUT2D eigenvalue weighted by molar-refractivity contribution is -0.145. The summed E-state index contributed by atoms with van der Waals surface area (Å²) < 4.78 is 36.3. The van der Waals surface area contributed by atoms with Crippen LogP contribution in [0.3, 0.4) is 0 Å². The van der Waals surface area contributed by atoms with Crippen LogP contribution in [0.1, 0.15) is 17.2 Å². The van der Waals surface area contributed by atoms with Gasteiger partial charge in [-0.15, -0.1) is 0 Å². The zero-order chi connectivity index (χ0) is 13.1. The first-order chi connectivity index (χ1) is 7.78. The van der Waals surface area contributed by atoms with Crippen molar-refractivity contribution in [2.24, 2.45) is 0 Å². The van der Waals surface area contributed by atoms with Crippen molar-refractivity contribution < 1.29 is 18.3 Å². The van der Waals surface area contributed by atoms with Gasteiger partial charge in [-0.2, -0.15) is 13.2 Å². The summed E-state index contributed by atoms with van der Waals surface area (Å²) in [5.74, 6) is 0. The second-order valence-corrected chi connectivity index (χ2v) is 4.24. The van der Waals surface area contributed by atoms with Gasteiger partial charge in [0.1, 0.15) is 0 Å². The van der Waals surface area contributed by atoms with Crippen molar-refractivity contribution in [2.45, 2.75) is 19.2 Å². The highest BCUT2D eigenvalue weighted by Crippen LogP contribution is 2.19. The summed E-state index contributed by atoms with van der Waals surface area (Å²) in [5, 5.41) is 9.80. The Kier molecular flexibility index (Phi) is 4.54. The molecule has 1 unspecified atom stereocenters. The van der Waals surface area contributed by atoms with Gasteiger partial charge in [-0.05, 0) is 19.5 Å². The molecule has 5 heteroatoms. The van der Waals surface area contributed by atoms with Crippen LogP contribution in [0.5, 0.6) is 0 Å². The van der Waals surface area contributed by atoms with Crippen molar-refractivity contribution in [2.75, 3.05) is 20.1 Å². The molecule has 1 atom stereocenters. The van der Waals surface area contributed by atoms with E-state index in [1.807, 2.05) is 13.0 Å². The number of benzene rings is 1. The van der Waals surface area contributed by atoms with Crippen LogP contribution in [0.25, 0.3) is 0 Å². The zero-order valence-corrected chi connectivity index (χ0v) is 9.83. The number of aliphatic hydroxyl groups excluding tert-OH is 1. The van der Waals surface area contributed by atoms with Crippen molar-refractivity contribution in [1.29, 1.82) is 0 Å². The standard InChI is InChI=1S/C12H16F3NO/c1-9-4-3-5-10(6-9)11(17)7-16(2)8-12(13,14)15/h3-6,11,17H,7-8H2,1-2H3. The number of hydrogen-bond donors (Lipinski definition) is 1. The molecule has 96 valence electrons. The molecule has 1 rings (SSSR count). The largest absolute Gasteiger partial charge is 0.401 e. The van der Waals surface area contributed by atoms with E-state index >= 15 is 0 Å². The van der Waals surface area contributed by atoms with E-state index in [4.69, 9.17) is 0 Å². The lowest BCUT2D eigenvalue weighted by Gasteiger charge is -2.22. The number of likely N-dealkylation sites (N-methyl/N-ethyl adjacent to an activating group) is 1. The molecule has 0 bridgehead atoms. The number of halogens is 3. The van der Waals surface area contributed by atoms with E-state index in [0.717, 1.165) is 10.5 Å². The number of aliphatic hydroxyl groups is 1. The van der Waals surface area contributed by atoms with Crippen LogP contribution >= 0.6 is 0 Å². The Balaban J connectivity index is 2.57. The highest BCUT2D eigenvalue weighted by Gasteiger charge is 2.29. The summed E-state index contributed by atoms with van der Waals surface area (Å²) in [6, 6.07) is 7.12. The molecule has 0 saturated heterocycles. The maximum absolute atomic E-state index is 12.1. The highest BCUT2D eigenvalue weighted by atomic mass is 19.4. The Morgan fingerprint density at radius 2 is 2.00 bits per heavy atom. The average Bonchev–Trinajstić information content (AvgIpc) is 2.14. The predicted molar refractivity (Wildman–Crippen MR) is 59.7 cm³/mol. The fourth-order valence-corrected chi connectivity index (χ4v) is 1.65. The fourth-order valence-electron chi connectivity index (χ4n) is 1.65. The van der Waals surface area contributed by atoms with Crippen molar-refractivity contribution in [3.05, 3.63) is 35.4 Å². The van der Waals surface area contributed by atoms with Crippen LogP contribution < -0.4 is 0 Å². The molecule has 0 saturated carbocycles. The number of aryl methyl sites for hydroxylation is 1. The molecular weight excluding hydrogens is 231 g/mol. The molecule has 0 aliphatic rings. The summed E-state index contributed by atoms with van der Waals surface area (Å²) in [6.07, 6.45) is -5.14. The molecule has 1 aromatic rings. The first-order valence-electron chi connectivity index (χ1n) is 5.28. The zero-order valence-electron chi connectivity index (χ0n) is 9.83. The molecule has 0 aromatic heterocycles. The quantitative estimate of drug-likeness (QED) is 0.883. The lowest BCUT2D eigenvalue weighted by Crippen LogP contribution is -2.34. The van der Waals surface area contributed by atoms with Crippen molar-refractivity contribution in [3.8, 4) is 0 Å². The van der Waals surface area contributed by atoms with E-state index in [-0.39, 0.29) is 6.54 Å². The van der Waals surface area contributed by atoms with Crippen LogP contribution in [-0.4, -0.2) is 36.3 Å². The Bertz CT molecular complexity index is 365. The Hall–Kier alpha value is -1.07. The molecule has 0 amide bonds. The third kappa shape index (κ3) is 5.19. The lowest BCUT2D eigenvalue weighted by atomic mass is 10.1. The minimum atomic E-state index is -4.24. The molecular formula is C12H16F3NO. The van der Waals surface area contributed by atoms with Gasteiger partial charge in [-0.25, -0.2) is 0 Å². The molecule has 0 radical (unpaired) electrons. The van der Waals surface area contributed by atoms with Gasteiger partial charge < -0.3 is 5.11 Å². The van der Waals surface area contributed by atoms with E-state index in [0.29, 0.717) is 5.56 Å². The maximum atomic E-state index is 12.1.